The van der Waals surface area contributed by atoms with E-state index >= 15 is 0 Å². The van der Waals surface area contributed by atoms with Gasteiger partial charge in [-0.3, -0.25) is 9.44 Å². The predicted molar refractivity (Wildman–Crippen MR) is 150 cm³/mol. The highest BCUT2D eigenvalue weighted by Gasteiger charge is 2.21. The molecule has 4 aromatic carbocycles. The molecule has 0 saturated heterocycles. The number of urea groups is 1. The molecule has 0 bridgehead atoms. The van der Waals surface area contributed by atoms with Gasteiger partial charge in [-0.1, -0.05) is 53.6 Å². The predicted octanol–water partition coefficient (Wildman–Crippen LogP) is 5.55. The van der Waals surface area contributed by atoms with E-state index in [4.69, 9.17) is 0 Å². The lowest BCUT2D eigenvalue weighted by Gasteiger charge is -2.17. The van der Waals surface area contributed by atoms with Crippen LogP contribution in [0.4, 0.5) is 27.5 Å². The highest BCUT2D eigenvalue weighted by atomic mass is 32.2. The second-order valence-electron chi connectivity index (χ2n) is 8.54. The number of hydrogen-bond donors (Lipinski definition) is 4. The number of hydrogen-bond acceptors (Lipinski definition) is 5. The number of carbonyl (C=O) groups excluding carboxylic acids is 1. The molecule has 2 amide bonds. The Labute approximate surface area is 222 Å². The van der Waals surface area contributed by atoms with Crippen molar-refractivity contribution in [2.45, 2.75) is 23.6 Å². The van der Waals surface area contributed by atoms with Gasteiger partial charge in [0.15, 0.2) is 0 Å². The summed E-state index contributed by atoms with van der Waals surface area (Å²) in [5.74, 6) is 0. The van der Waals surface area contributed by atoms with Gasteiger partial charge in [0, 0.05) is 11.4 Å². The quantitative estimate of drug-likeness (QED) is 0.228. The summed E-state index contributed by atoms with van der Waals surface area (Å²) in [6.45, 7) is 3.67. The van der Waals surface area contributed by atoms with Crippen molar-refractivity contribution in [1.29, 1.82) is 0 Å². The van der Waals surface area contributed by atoms with E-state index in [1.165, 1.54) is 42.5 Å². The molecular weight excluding hydrogens is 524 g/mol. The van der Waals surface area contributed by atoms with Crippen molar-refractivity contribution in [1.82, 2.24) is 0 Å². The van der Waals surface area contributed by atoms with Crippen molar-refractivity contribution in [2.75, 3.05) is 20.1 Å². The molecule has 4 aromatic rings. The van der Waals surface area contributed by atoms with Crippen LogP contribution in [-0.2, 0) is 20.0 Å². The highest BCUT2D eigenvalue weighted by molar-refractivity contribution is 7.93. The van der Waals surface area contributed by atoms with Gasteiger partial charge in [-0.05, 0) is 68.4 Å². The number of benzene rings is 4. The normalized spacial score (nSPS) is 11.4. The van der Waals surface area contributed by atoms with Crippen LogP contribution in [0.2, 0.25) is 0 Å². The Morgan fingerprint density at radius 1 is 0.553 bits per heavy atom. The van der Waals surface area contributed by atoms with Crippen LogP contribution >= 0.6 is 0 Å². The molecule has 196 valence electrons. The Bertz CT molecular complexity index is 1660. The van der Waals surface area contributed by atoms with Gasteiger partial charge < -0.3 is 10.6 Å². The Morgan fingerprint density at radius 2 is 1.03 bits per heavy atom. The van der Waals surface area contributed by atoms with Gasteiger partial charge in [0.25, 0.3) is 20.0 Å². The van der Waals surface area contributed by atoms with E-state index in [1.807, 2.05) is 19.9 Å². The van der Waals surface area contributed by atoms with Crippen molar-refractivity contribution < 1.29 is 21.6 Å². The summed E-state index contributed by atoms with van der Waals surface area (Å²) in [5.41, 5.74) is 2.48. The fraction of sp³-hybridized carbons (Fsp3) is 0.0741. The second kappa shape index (κ2) is 11.0. The van der Waals surface area contributed by atoms with Crippen LogP contribution in [0.5, 0.6) is 0 Å². The van der Waals surface area contributed by atoms with E-state index < -0.39 is 26.1 Å². The van der Waals surface area contributed by atoms with Crippen LogP contribution < -0.4 is 20.1 Å². The lowest BCUT2D eigenvalue weighted by Crippen LogP contribution is -2.20. The summed E-state index contributed by atoms with van der Waals surface area (Å²) in [6.07, 6.45) is 0. The number of carbonyl (C=O) groups is 1. The fourth-order valence-corrected chi connectivity index (χ4v) is 5.60. The fourth-order valence-electron chi connectivity index (χ4n) is 3.45. The number of anilines is 4. The zero-order valence-corrected chi connectivity index (χ0v) is 22.2. The molecule has 9 nitrogen and oxygen atoms in total. The molecule has 4 rings (SSSR count). The number of para-hydroxylation sites is 1. The number of sulfonamides is 2. The number of rotatable bonds is 8. The van der Waals surface area contributed by atoms with Gasteiger partial charge in [0.1, 0.15) is 0 Å². The van der Waals surface area contributed by atoms with E-state index in [-0.39, 0.29) is 26.9 Å². The van der Waals surface area contributed by atoms with E-state index in [0.717, 1.165) is 11.1 Å². The smallest absolute Gasteiger partial charge is 0.308 e. The SMILES string of the molecule is Cc1ccc(S(=O)(=O)Nc2ccc(NC(=O)Nc3ccccc3)cc2NS(=O)(=O)c2ccc(C)cc2)cc1. The van der Waals surface area contributed by atoms with Gasteiger partial charge in [-0.15, -0.1) is 0 Å². The third-order valence-electron chi connectivity index (χ3n) is 5.46. The van der Waals surface area contributed by atoms with Gasteiger partial charge in [0.2, 0.25) is 0 Å². The third-order valence-corrected chi connectivity index (χ3v) is 8.22. The topological polar surface area (TPSA) is 133 Å². The second-order valence-corrected chi connectivity index (χ2v) is 11.9. The first kappa shape index (κ1) is 26.7. The molecule has 0 saturated carbocycles. The third kappa shape index (κ3) is 6.69. The van der Waals surface area contributed by atoms with Crippen LogP contribution in [0.1, 0.15) is 11.1 Å². The van der Waals surface area contributed by atoms with Gasteiger partial charge in [-0.25, -0.2) is 21.6 Å². The van der Waals surface area contributed by atoms with Crippen molar-refractivity contribution >= 4 is 48.8 Å². The molecule has 0 aliphatic heterocycles. The summed E-state index contributed by atoms with van der Waals surface area (Å²) in [6, 6.07) is 24.8. The zero-order chi connectivity index (χ0) is 27.3. The lowest BCUT2D eigenvalue weighted by atomic mass is 10.2. The van der Waals surface area contributed by atoms with Crippen LogP contribution in [0.15, 0.2) is 107 Å². The van der Waals surface area contributed by atoms with Crippen LogP contribution in [0.25, 0.3) is 0 Å². The van der Waals surface area contributed by atoms with Crippen LogP contribution in [0, 0.1) is 13.8 Å². The summed E-state index contributed by atoms with van der Waals surface area (Å²) >= 11 is 0. The summed E-state index contributed by atoms with van der Waals surface area (Å²) < 4.78 is 57.2. The Hall–Kier alpha value is -4.35. The number of amides is 2. The molecule has 0 fully saturated rings. The molecule has 0 radical (unpaired) electrons. The van der Waals surface area contributed by atoms with Crippen molar-refractivity contribution in [3.8, 4) is 0 Å². The Kier molecular flexibility index (Phi) is 7.70. The standard InChI is InChI=1S/C27H26N4O5S2/c1-19-8-13-23(14-9-19)37(33,34)30-25-17-12-22(29-27(32)28-21-6-4-3-5-7-21)18-26(25)31-38(35,36)24-15-10-20(2)11-16-24/h3-18,30-31H,1-2H3,(H2,28,29,32). The number of nitrogens with one attached hydrogen (secondary N) is 4. The Balaban J connectivity index is 1.66. The van der Waals surface area contributed by atoms with Gasteiger partial charge in [-0.2, -0.15) is 0 Å². The maximum absolute atomic E-state index is 13.1. The first-order valence-corrected chi connectivity index (χ1v) is 14.4. The van der Waals surface area contributed by atoms with E-state index in [1.54, 1.807) is 48.5 Å². The largest absolute Gasteiger partial charge is 0.323 e. The molecule has 0 spiro atoms. The summed E-state index contributed by atoms with van der Waals surface area (Å²) in [5, 5.41) is 5.30. The van der Waals surface area contributed by atoms with Crippen molar-refractivity contribution in [3.63, 3.8) is 0 Å². The molecule has 0 unspecified atom stereocenters. The van der Waals surface area contributed by atoms with Crippen LogP contribution in [-0.4, -0.2) is 22.9 Å². The summed E-state index contributed by atoms with van der Waals surface area (Å²) in [4.78, 5) is 12.5. The average Bonchev–Trinajstić information content (AvgIpc) is 2.86. The Morgan fingerprint density at radius 3 is 1.55 bits per heavy atom. The van der Waals surface area contributed by atoms with Gasteiger partial charge in [0.05, 0.1) is 21.2 Å². The minimum Gasteiger partial charge on any atom is -0.308 e. The molecule has 0 aliphatic carbocycles. The van der Waals surface area contributed by atoms with E-state index in [0.29, 0.717) is 5.69 Å². The minimum absolute atomic E-state index is 0.00405. The monoisotopic (exact) mass is 550 g/mol. The molecule has 4 N–H and O–H groups in total. The molecule has 11 heteroatoms. The molecule has 0 atom stereocenters. The molecule has 0 aromatic heterocycles. The maximum atomic E-state index is 13.1. The van der Waals surface area contributed by atoms with E-state index in [2.05, 4.69) is 20.1 Å². The molecule has 0 heterocycles. The first-order chi connectivity index (χ1) is 18.0. The highest BCUT2D eigenvalue weighted by Crippen LogP contribution is 2.30. The lowest BCUT2D eigenvalue weighted by molar-refractivity contribution is 0.262. The first-order valence-electron chi connectivity index (χ1n) is 11.5. The average molecular weight is 551 g/mol. The minimum atomic E-state index is -4.09. The van der Waals surface area contributed by atoms with Crippen LogP contribution in [0.3, 0.4) is 0 Å². The summed E-state index contributed by atoms with van der Waals surface area (Å²) in [7, 11) is -8.12. The van der Waals surface area contributed by atoms with Gasteiger partial charge >= 0.3 is 6.03 Å². The maximum Gasteiger partial charge on any atom is 0.323 e. The number of aryl methyl sites for hydroxylation is 2. The molecule has 0 aliphatic rings. The van der Waals surface area contributed by atoms with E-state index in [9.17, 15) is 21.6 Å². The molecular formula is C27H26N4O5S2. The van der Waals surface area contributed by atoms with Crippen molar-refractivity contribution in [2.24, 2.45) is 0 Å². The zero-order valence-electron chi connectivity index (χ0n) is 20.6. The molecule has 38 heavy (non-hydrogen) atoms. The van der Waals surface area contributed by atoms with Crippen molar-refractivity contribution in [3.05, 3.63) is 108 Å².